The number of sulfone groups is 1. The SMILES string of the molecule is CCCN1CCc2c(sc(NC(=O)CCS(=O)(=O)c3ccc(C)cc3)c2C(N)=O)C1. The smallest absolute Gasteiger partial charge is 0.251 e. The summed E-state index contributed by atoms with van der Waals surface area (Å²) < 4.78 is 25.0. The Morgan fingerprint density at radius 3 is 2.57 bits per heavy atom. The Labute approximate surface area is 181 Å². The minimum Gasteiger partial charge on any atom is -0.365 e. The van der Waals surface area contributed by atoms with Crippen molar-refractivity contribution in [1.82, 2.24) is 4.90 Å². The summed E-state index contributed by atoms with van der Waals surface area (Å²) in [6.07, 6.45) is 1.56. The van der Waals surface area contributed by atoms with E-state index in [1.165, 1.54) is 11.3 Å². The molecule has 162 valence electrons. The number of thiophene rings is 1. The highest BCUT2D eigenvalue weighted by Crippen LogP contribution is 2.37. The van der Waals surface area contributed by atoms with Gasteiger partial charge in [-0.2, -0.15) is 0 Å². The number of fused-ring (bicyclic) bond motifs is 1. The van der Waals surface area contributed by atoms with Gasteiger partial charge in [-0.15, -0.1) is 11.3 Å². The molecule has 9 heteroatoms. The number of carbonyl (C=O) groups is 2. The second-order valence-electron chi connectivity index (χ2n) is 7.53. The van der Waals surface area contributed by atoms with Gasteiger partial charge in [-0.1, -0.05) is 24.6 Å². The topological polar surface area (TPSA) is 110 Å². The van der Waals surface area contributed by atoms with Gasteiger partial charge in [0.15, 0.2) is 9.84 Å². The van der Waals surface area contributed by atoms with Crippen molar-refractivity contribution >= 4 is 38.0 Å². The molecule has 2 aromatic rings. The van der Waals surface area contributed by atoms with Crippen LogP contribution in [0.25, 0.3) is 0 Å². The Bertz CT molecular complexity index is 1040. The number of hydrogen-bond donors (Lipinski definition) is 2. The first kappa shape index (κ1) is 22.5. The minimum atomic E-state index is -3.56. The summed E-state index contributed by atoms with van der Waals surface area (Å²) in [7, 11) is -3.56. The maximum atomic E-state index is 12.5. The Kier molecular flexibility index (Phi) is 6.95. The molecule has 0 saturated carbocycles. The summed E-state index contributed by atoms with van der Waals surface area (Å²) in [5, 5.41) is 3.14. The molecule has 3 N–H and O–H groups in total. The van der Waals surface area contributed by atoms with E-state index in [0.29, 0.717) is 17.0 Å². The lowest BCUT2D eigenvalue weighted by Gasteiger charge is -2.26. The van der Waals surface area contributed by atoms with Crippen LogP contribution in [0.5, 0.6) is 0 Å². The van der Waals surface area contributed by atoms with Crippen LogP contribution in [-0.4, -0.2) is 44.0 Å². The molecule has 0 atom stereocenters. The van der Waals surface area contributed by atoms with E-state index >= 15 is 0 Å². The van der Waals surface area contributed by atoms with E-state index in [0.717, 1.165) is 42.1 Å². The Morgan fingerprint density at radius 1 is 1.23 bits per heavy atom. The number of anilines is 1. The molecule has 1 aliphatic heterocycles. The van der Waals surface area contributed by atoms with Crippen LogP contribution in [0.15, 0.2) is 29.2 Å². The van der Waals surface area contributed by atoms with Gasteiger partial charge in [0.1, 0.15) is 5.00 Å². The van der Waals surface area contributed by atoms with Crippen molar-refractivity contribution in [3.63, 3.8) is 0 Å². The normalized spacial score (nSPS) is 14.3. The van der Waals surface area contributed by atoms with Crippen LogP contribution in [0.1, 0.15) is 46.1 Å². The van der Waals surface area contributed by atoms with E-state index in [-0.39, 0.29) is 17.1 Å². The molecule has 1 aromatic heterocycles. The first-order chi connectivity index (χ1) is 14.2. The number of aryl methyl sites for hydroxylation is 1. The Balaban J connectivity index is 1.71. The monoisotopic (exact) mass is 449 g/mol. The molecule has 3 rings (SSSR count). The van der Waals surface area contributed by atoms with E-state index in [1.54, 1.807) is 24.3 Å². The van der Waals surface area contributed by atoms with Gasteiger partial charge in [0.2, 0.25) is 5.91 Å². The van der Waals surface area contributed by atoms with E-state index in [9.17, 15) is 18.0 Å². The van der Waals surface area contributed by atoms with E-state index in [4.69, 9.17) is 5.73 Å². The highest BCUT2D eigenvalue weighted by atomic mass is 32.2. The molecular weight excluding hydrogens is 422 g/mol. The molecule has 1 aromatic carbocycles. The van der Waals surface area contributed by atoms with Crippen molar-refractivity contribution in [3.8, 4) is 0 Å². The molecule has 2 amide bonds. The number of hydrogen-bond acceptors (Lipinski definition) is 6. The predicted molar refractivity (Wildman–Crippen MR) is 119 cm³/mol. The summed E-state index contributed by atoms with van der Waals surface area (Å²) >= 11 is 1.36. The molecule has 1 aliphatic rings. The fourth-order valence-electron chi connectivity index (χ4n) is 3.59. The highest BCUT2D eigenvalue weighted by molar-refractivity contribution is 7.91. The van der Waals surface area contributed by atoms with Crippen LogP contribution in [0.2, 0.25) is 0 Å². The number of primary amides is 1. The third-order valence-corrected chi connectivity index (χ3v) is 8.02. The molecule has 0 bridgehead atoms. The average molecular weight is 450 g/mol. The lowest BCUT2D eigenvalue weighted by molar-refractivity contribution is -0.115. The van der Waals surface area contributed by atoms with E-state index < -0.39 is 21.7 Å². The number of rotatable bonds is 8. The van der Waals surface area contributed by atoms with Crippen LogP contribution in [0.4, 0.5) is 5.00 Å². The summed E-state index contributed by atoms with van der Waals surface area (Å²) in [6.45, 7) is 6.55. The fourth-order valence-corrected chi connectivity index (χ4v) is 6.14. The molecule has 2 heterocycles. The maximum absolute atomic E-state index is 12.5. The molecule has 7 nitrogen and oxygen atoms in total. The maximum Gasteiger partial charge on any atom is 0.251 e. The van der Waals surface area contributed by atoms with Gasteiger partial charge in [0.05, 0.1) is 16.2 Å². The number of nitrogens with zero attached hydrogens (tertiary/aromatic N) is 1. The first-order valence-electron chi connectivity index (χ1n) is 9.97. The van der Waals surface area contributed by atoms with E-state index in [1.807, 2.05) is 6.92 Å². The molecule has 0 aliphatic carbocycles. The van der Waals surface area contributed by atoms with Crippen LogP contribution in [0.3, 0.4) is 0 Å². The van der Waals surface area contributed by atoms with Crippen molar-refractivity contribution < 1.29 is 18.0 Å². The lowest BCUT2D eigenvalue weighted by Crippen LogP contribution is -2.31. The van der Waals surface area contributed by atoms with Crippen LogP contribution < -0.4 is 11.1 Å². The van der Waals surface area contributed by atoms with Crippen molar-refractivity contribution in [2.45, 2.75) is 44.6 Å². The van der Waals surface area contributed by atoms with Crippen LogP contribution in [0, 0.1) is 6.92 Å². The van der Waals surface area contributed by atoms with Crippen molar-refractivity contribution in [3.05, 3.63) is 45.8 Å². The van der Waals surface area contributed by atoms with Crippen molar-refractivity contribution in [2.24, 2.45) is 5.73 Å². The molecule has 0 spiro atoms. The van der Waals surface area contributed by atoms with Gasteiger partial charge in [-0.25, -0.2) is 8.42 Å². The van der Waals surface area contributed by atoms with Gasteiger partial charge in [-0.3, -0.25) is 14.5 Å². The third-order valence-electron chi connectivity index (χ3n) is 5.15. The number of benzene rings is 1. The highest BCUT2D eigenvalue weighted by Gasteiger charge is 2.27. The van der Waals surface area contributed by atoms with E-state index in [2.05, 4.69) is 17.1 Å². The zero-order chi connectivity index (χ0) is 21.9. The molecule has 0 unspecified atom stereocenters. The molecule has 0 saturated heterocycles. The van der Waals surface area contributed by atoms with Crippen molar-refractivity contribution in [1.29, 1.82) is 0 Å². The second-order valence-corrected chi connectivity index (χ2v) is 10.7. The number of nitrogens with two attached hydrogens (primary N) is 1. The third kappa shape index (κ3) is 5.08. The van der Waals surface area contributed by atoms with Crippen LogP contribution >= 0.6 is 11.3 Å². The number of amides is 2. The second kappa shape index (κ2) is 9.28. The summed E-state index contributed by atoms with van der Waals surface area (Å²) in [6, 6.07) is 6.54. The fraction of sp³-hybridized carbons (Fsp3) is 0.429. The lowest BCUT2D eigenvalue weighted by atomic mass is 10.0. The molecule has 30 heavy (non-hydrogen) atoms. The summed E-state index contributed by atoms with van der Waals surface area (Å²) in [5.41, 5.74) is 7.82. The Morgan fingerprint density at radius 2 is 1.93 bits per heavy atom. The molecular formula is C21H27N3O4S2. The van der Waals surface area contributed by atoms with Gasteiger partial charge in [0.25, 0.3) is 5.91 Å². The minimum absolute atomic E-state index is 0.195. The predicted octanol–water partition coefficient (Wildman–Crippen LogP) is 2.73. The summed E-state index contributed by atoms with van der Waals surface area (Å²) in [5.74, 6) is -1.32. The zero-order valence-electron chi connectivity index (χ0n) is 17.2. The summed E-state index contributed by atoms with van der Waals surface area (Å²) in [4.78, 5) is 28.0. The van der Waals surface area contributed by atoms with Gasteiger partial charge < -0.3 is 11.1 Å². The molecule has 0 radical (unpaired) electrons. The average Bonchev–Trinajstić information content (AvgIpc) is 3.04. The number of nitrogens with one attached hydrogen (secondary N) is 1. The largest absolute Gasteiger partial charge is 0.365 e. The standard InChI is InChI=1S/C21H27N3O4S2/c1-3-10-24-11-8-16-17(13-24)29-21(19(16)20(22)26)23-18(25)9-12-30(27,28)15-6-4-14(2)5-7-15/h4-7H,3,8-13H2,1-2H3,(H2,22,26)(H,23,25). The van der Waals surface area contributed by atoms with Gasteiger partial charge in [0, 0.05) is 24.4 Å². The van der Waals surface area contributed by atoms with Crippen LogP contribution in [-0.2, 0) is 27.6 Å². The number of carbonyl (C=O) groups excluding carboxylic acids is 2. The Hall–Kier alpha value is -2.23. The quantitative estimate of drug-likeness (QED) is 0.644. The van der Waals surface area contributed by atoms with Crippen molar-refractivity contribution in [2.75, 3.05) is 24.2 Å². The molecule has 0 fully saturated rings. The van der Waals surface area contributed by atoms with Gasteiger partial charge in [-0.05, 0) is 44.0 Å². The zero-order valence-corrected chi connectivity index (χ0v) is 18.9. The first-order valence-corrected chi connectivity index (χ1v) is 12.4. The van der Waals surface area contributed by atoms with Gasteiger partial charge >= 0.3 is 0 Å².